The second-order valence-corrected chi connectivity index (χ2v) is 4.68. The van der Waals surface area contributed by atoms with Crippen LogP contribution in [0.4, 0.5) is 13.2 Å². The minimum atomic E-state index is -4.83. The Kier molecular flexibility index (Phi) is 4.92. The highest BCUT2D eigenvalue weighted by Crippen LogP contribution is 2.40. The van der Waals surface area contributed by atoms with E-state index in [4.69, 9.17) is 11.6 Å². The van der Waals surface area contributed by atoms with Crippen molar-refractivity contribution in [1.29, 1.82) is 0 Å². The Morgan fingerprint density at radius 1 is 1.44 bits per heavy atom. The normalized spacial score (nSPS) is 13.2. The fourth-order valence-electron chi connectivity index (χ4n) is 1.34. The van der Waals surface area contributed by atoms with Crippen molar-refractivity contribution in [2.45, 2.75) is 23.6 Å². The molecule has 0 saturated heterocycles. The number of thioether (sulfide) groups is 1. The fraction of sp³-hybridized carbons (Fsp3) is 0.364. The number of halogens is 4. The van der Waals surface area contributed by atoms with Gasteiger partial charge in [0.05, 0.1) is 0 Å². The lowest BCUT2D eigenvalue weighted by molar-refractivity contribution is -0.275. The third-order valence-electron chi connectivity index (χ3n) is 2.08. The summed E-state index contributed by atoms with van der Waals surface area (Å²) < 4.78 is 41.0. The molecule has 1 unspecified atom stereocenters. The number of ether oxygens (including phenoxy) is 1. The number of Topliss-reactive ketones (excluding diaryl/α,β-unsaturated/α-hetero) is 1. The van der Waals surface area contributed by atoms with Gasteiger partial charge in [0.25, 0.3) is 0 Å². The molecule has 0 saturated carbocycles. The van der Waals surface area contributed by atoms with Crippen LogP contribution in [0.25, 0.3) is 0 Å². The maximum Gasteiger partial charge on any atom is 0.573 e. The summed E-state index contributed by atoms with van der Waals surface area (Å²) >= 11 is 6.88. The summed E-state index contributed by atoms with van der Waals surface area (Å²) in [6.07, 6.45) is -3.21. The van der Waals surface area contributed by atoms with Gasteiger partial charge in [-0.25, -0.2) is 0 Å². The summed E-state index contributed by atoms with van der Waals surface area (Å²) in [7, 11) is 0. The molecule has 0 fully saturated rings. The largest absolute Gasteiger partial charge is 0.573 e. The molecule has 0 amide bonds. The molecule has 0 aliphatic carbocycles. The lowest BCUT2D eigenvalue weighted by Gasteiger charge is -2.17. The molecule has 0 spiro atoms. The van der Waals surface area contributed by atoms with Crippen LogP contribution in [0.3, 0.4) is 0 Å². The van der Waals surface area contributed by atoms with Gasteiger partial charge in [-0.05, 0) is 19.2 Å². The second kappa shape index (κ2) is 5.84. The highest BCUT2D eigenvalue weighted by molar-refractivity contribution is 7.98. The van der Waals surface area contributed by atoms with Crippen molar-refractivity contribution in [3.05, 3.63) is 23.8 Å². The zero-order valence-corrected chi connectivity index (χ0v) is 11.1. The molecule has 0 heterocycles. The molecule has 18 heavy (non-hydrogen) atoms. The van der Waals surface area contributed by atoms with E-state index in [1.165, 1.54) is 25.1 Å². The molecule has 0 bridgehead atoms. The van der Waals surface area contributed by atoms with Crippen molar-refractivity contribution in [2.75, 3.05) is 6.26 Å². The van der Waals surface area contributed by atoms with E-state index in [9.17, 15) is 18.0 Å². The monoisotopic (exact) mass is 298 g/mol. The number of hydrogen-bond donors (Lipinski definition) is 0. The van der Waals surface area contributed by atoms with Crippen LogP contribution in [0.15, 0.2) is 23.1 Å². The van der Waals surface area contributed by atoms with Crippen LogP contribution >= 0.6 is 23.4 Å². The van der Waals surface area contributed by atoms with Crippen LogP contribution in [0.2, 0.25) is 0 Å². The zero-order valence-electron chi connectivity index (χ0n) is 9.55. The zero-order chi connectivity index (χ0) is 13.9. The van der Waals surface area contributed by atoms with Crippen molar-refractivity contribution in [2.24, 2.45) is 0 Å². The van der Waals surface area contributed by atoms with E-state index in [-0.39, 0.29) is 10.5 Å². The van der Waals surface area contributed by atoms with Gasteiger partial charge in [-0.1, -0.05) is 12.1 Å². The number of ketones is 1. The summed E-state index contributed by atoms with van der Waals surface area (Å²) in [5.41, 5.74) is 0.0216. The molecular weight excluding hydrogens is 289 g/mol. The average Bonchev–Trinajstić information content (AvgIpc) is 2.26. The van der Waals surface area contributed by atoms with Crippen molar-refractivity contribution < 1.29 is 22.7 Å². The first-order chi connectivity index (χ1) is 8.26. The maximum absolute atomic E-state index is 12.3. The van der Waals surface area contributed by atoms with Crippen LogP contribution in [-0.2, 0) is 4.79 Å². The fourth-order valence-corrected chi connectivity index (χ4v) is 2.07. The van der Waals surface area contributed by atoms with Crippen molar-refractivity contribution in [1.82, 2.24) is 0 Å². The van der Waals surface area contributed by atoms with Gasteiger partial charge in [0.1, 0.15) is 11.1 Å². The van der Waals surface area contributed by atoms with E-state index >= 15 is 0 Å². The van der Waals surface area contributed by atoms with E-state index in [1.807, 2.05) is 0 Å². The lowest BCUT2D eigenvalue weighted by Crippen LogP contribution is -2.19. The summed E-state index contributed by atoms with van der Waals surface area (Å²) in [6.45, 7) is 1.21. The van der Waals surface area contributed by atoms with Crippen LogP contribution in [0.1, 0.15) is 17.9 Å². The van der Waals surface area contributed by atoms with E-state index in [2.05, 4.69) is 4.74 Å². The molecule has 100 valence electrons. The topological polar surface area (TPSA) is 26.3 Å². The molecule has 1 aromatic rings. The van der Waals surface area contributed by atoms with Crippen molar-refractivity contribution >= 4 is 29.1 Å². The van der Waals surface area contributed by atoms with E-state index in [0.29, 0.717) is 0 Å². The summed E-state index contributed by atoms with van der Waals surface area (Å²) in [6, 6.07) is 4.35. The number of alkyl halides is 4. The van der Waals surface area contributed by atoms with Crippen molar-refractivity contribution in [3.8, 4) is 5.75 Å². The Hall–Kier alpha value is -0.880. The van der Waals surface area contributed by atoms with Crippen LogP contribution in [0.5, 0.6) is 5.75 Å². The molecule has 0 N–H and O–H groups in total. The first kappa shape index (κ1) is 15.2. The van der Waals surface area contributed by atoms with Gasteiger partial charge in [-0.15, -0.1) is 36.5 Å². The first-order valence-corrected chi connectivity index (χ1v) is 6.49. The average molecular weight is 299 g/mol. The summed E-state index contributed by atoms with van der Waals surface area (Å²) in [5, 5.41) is -1.16. The molecule has 0 radical (unpaired) electrons. The summed E-state index contributed by atoms with van der Waals surface area (Å²) in [5.74, 6) is -0.852. The van der Waals surface area contributed by atoms with E-state index in [0.717, 1.165) is 11.8 Å². The molecule has 2 nitrogen and oxygen atoms in total. The van der Waals surface area contributed by atoms with Gasteiger partial charge in [0.2, 0.25) is 0 Å². The smallest absolute Gasteiger partial charge is 0.404 e. The quantitative estimate of drug-likeness (QED) is 0.616. The van der Waals surface area contributed by atoms with Gasteiger partial charge in [-0.2, -0.15) is 0 Å². The van der Waals surface area contributed by atoms with Gasteiger partial charge >= 0.3 is 6.36 Å². The molecule has 0 aliphatic heterocycles. The number of carbonyl (C=O) groups excluding carboxylic acids is 1. The number of hydrogen-bond acceptors (Lipinski definition) is 3. The number of benzene rings is 1. The predicted molar refractivity (Wildman–Crippen MR) is 64.2 cm³/mol. The summed E-state index contributed by atoms with van der Waals surface area (Å²) in [4.78, 5) is 11.5. The van der Waals surface area contributed by atoms with Gasteiger partial charge < -0.3 is 4.74 Å². The highest BCUT2D eigenvalue weighted by Gasteiger charge is 2.34. The molecule has 0 aliphatic rings. The number of rotatable bonds is 4. The van der Waals surface area contributed by atoms with Gasteiger partial charge in [-0.3, -0.25) is 4.79 Å². The third kappa shape index (κ3) is 3.81. The SMILES string of the molecule is CSc1cccc(C(Cl)C(C)=O)c1OC(F)(F)F. The number of para-hydroxylation sites is 1. The first-order valence-electron chi connectivity index (χ1n) is 4.83. The molecule has 0 aromatic heterocycles. The number of carbonyl (C=O) groups is 1. The third-order valence-corrected chi connectivity index (χ3v) is 3.38. The van der Waals surface area contributed by atoms with Crippen LogP contribution in [0, 0.1) is 0 Å². The molecule has 1 atom stereocenters. The minimum absolute atomic E-state index is 0.0216. The Morgan fingerprint density at radius 3 is 2.50 bits per heavy atom. The van der Waals surface area contributed by atoms with Gasteiger partial charge in [0, 0.05) is 10.5 Å². The lowest BCUT2D eigenvalue weighted by atomic mass is 10.1. The Bertz CT molecular complexity index is 448. The molecule has 7 heteroatoms. The Labute approximate surface area is 111 Å². The second-order valence-electron chi connectivity index (χ2n) is 3.40. The molecule has 1 rings (SSSR count). The molecule has 1 aromatic carbocycles. The van der Waals surface area contributed by atoms with Crippen LogP contribution in [-0.4, -0.2) is 18.4 Å². The highest BCUT2D eigenvalue weighted by atomic mass is 35.5. The predicted octanol–water partition coefficient (Wildman–Crippen LogP) is 4.18. The van der Waals surface area contributed by atoms with Crippen molar-refractivity contribution in [3.63, 3.8) is 0 Å². The van der Waals surface area contributed by atoms with Crippen LogP contribution < -0.4 is 4.74 Å². The Morgan fingerprint density at radius 2 is 2.06 bits per heavy atom. The molecular formula is C11H10ClF3O2S. The maximum atomic E-state index is 12.3. The van der Waals surface area contributed by atoms with E-state index < -0.39 is 23.3 Å². The Balaban J connectivity index is 3.29. The minimum Gasteiger partial charge on any atom is -0.404 e. The standard InChI is InChI=1S/C11H10ClF3O2S/c1-6(16)9(12)7-4-3-5-8(18-2)10(7)17-11(13,14)15/h3-5,9H,1-2H3. The van der Waals surface area contributed by atoms with Gasteiger partial charge in [0.15, 0.2) is 5.78 Å². The van der Waals surface area contributed by atoms with E-state index in [1.54, 1.807) is 6.26 Å².